The van der Waals surface area contributed by atoms with Gasteiger partial charge < -0.3 is 10.5 Å². The van der Waals surface area contributed by atoms with Crippen molar-refractivity contribution in [2.75, 3.05) is 19.5 Å². The lowest BCUT2D eigenvalue weighted by Crippen LogP contribution is -2.20. The molecular formula is C12H19NO3S. The van der Waals surface area contributed by atoms with E-state index in [2.05, 4.69) is 0 Å². The quantitative estimate of drug-likeness (QED) is 0.816. The second kappa shape index (κ2) is 5.51. The normalized spacial score (nSPS) is 13.6. The van der Waals surface area contributed by atoms with E-state index in [1.54, 1.807) is 33.1 Å². The molecule has 0 saturated carbocycles. The lowest BCUT2D eigenvalue weighted by atomic mass is 10.2. The highest BCUT2D eigenvalue weighted by atomic mass is 32.2. The summed E-state index contributed by atoms with van der Waals surface area (Å²) < 4.78 is 29.5. The molecule has 0 radical (unpaired) electrons. The van der Waals surface area contributed by atoms with Crippen LogP contribution in [-0.2, 0) is 14.6 Å². The smallest absolute Gasteiger partial charge is 0.181 e. The highest BCUT2D eigenvalue weighted by molar-refractivity contribution is 7.92. The predicted octanol–water partition coefficient (Wildman–Crippen LogP) is 1.78. The zero-order valence-corrected chi connectivity index (χ0v) is 11.3. The molecule has 2 N–H and O–H groups in total. The van der Waals surface area contributed by atoms with Crippen molar-refractivity contribution in [1.82, 2.24) is 0 Å². The van der Waals surface area contributed by atoms with Crippen LogP contribution in [-0.4, -0.2) is 27.4 Å². The third kappa shape index (κ3) is 3.20. The van der Waals surface area contributed by atoms with Gasteiger partial charge in [-0.1, -0.05) is 6.07 Å². The molecule has 17 heavy (non-hydrogen) atoms. The number of anilines is 1. The first-order chi connectivity index (χ1) is 7.89. The van der Waals surface area contributed by atoms with Gasteiger partial charge in [-0.3, -0.25) is 0 Å². The van der Waals surface area contributed by atoms with Crippen molar-refractivity contribution in [2.24, 2.45) is 0 Å². The van der Waals surface area contributed by atoms with E-state index in [0.29, 0.717) is 23.6 Å². The Hall–Kier alpha value is -1.07. The van der Waals surface area contributed by atoms with Gasteiger partial charge in [0.2, 0.25) is 0 Å². The second-order valence-corrected chi connectivity index (χ2v) is 6.50. The molecule has 0 bridgehead atoms. The summed E-state index contributed by atoms with van der Waals surface area (Å²) in [6.07, 6.45) is 0.479. The van der Waals surface area contributed by atoms with E-state index in [9.17, 15) is 8.42 Å². The van der Waals surface area contributed by atoms with Crippen molar-refractivity contribution in [1.29, 1.82) is 0 Å². The van der Waals surface area contributed by atoms with Crippen LogP contribution in [0.4, 0.5) is 5.69 Å². The lowest BCUT2D eigenvalue weighted by molar-refractivity contribution is 0.194. The molecular weight excluding hydrogens is 238 g/mol. The van der Waals surface area contributed by atoms with E-state index >= 15 is 0 Å². The maximum absolute atomic E-state index is 12.3. The van der Waals surface area contributed by atoms with E-state index in [1.165, 1.54) is 6.07 Å². The fourth-order valence-corrected chi connectivity index (χ4v) is 3.24. The molecule has 0 aliphatic rings. The Morgan fingerprint density at radius 3 is 2.65 bits per heavy atom. The molecule has 1 atom stereocenters. The minimum absolute atomic E-state index is 0.320. The molecule has 0 amide bonds. The maximum atomic E-state index is 12.3. The maximum Gasteiger partial charge on any atom is 0.181 e. The van der Waals surface area contributed by atoms with Gasteiger partial charge in [-0.05, 0) is 38.0 Å². The minimum atomic E-state index is -3.32. The van der Waals surface area contributed by atoms with Gasteiger partial charge in [-0.25, -0.2) is 8.42 Å². The summed E-state index contributed by atoms with van der Waals surface area (Å²) >= 11 is 0. The van der Waals surface area contributed by atoms with Crippen molar-refractivity contribution >= 4 is 15.5 Å². The van der Waals surface area contributed by atoms with Crippen molar-refractivity contribution in [3.8, 4) is 0 Å². The Morgan fingerprint density at radius 1 is 1.41 bits per heavy atom. The molecule has 96 valence electrons. The van der Waals surface area contributed by atoms with Gasteiger partial charge in [0, 0.05) is 19.4 Å². The molecule has 1 aromatic carbocycles. The SMILES string of the molecule is COCCC(C)S(=O)(=O)c1cc(N)ccc1C. The third-order valence-corrected chi connectivity index (χ3v) is 5.12. The summed E-state index contributed by atoms with van der Waals surface area (Å²) in [4.78, 5) is 0.320. The Bertz CT molecular complexity index is 483. The molecule has 0 heterocycles. The minimum Gasteiger partial charge on any atom is -0.399 e. The van der Waals surface area contributed by atoms with Crippen molar-refractivity contribution < 1.29 is 13.2 Å². The molecule has 0 aliphatic heterocycles. The molecule has 1 unspecified atom stereocenters. The fraction of sp³-hybridized carbons (Fsp3) is 0.500. The van der Waals surface area contributed by atoms with E-state index < -0.39 is 15.1 Å². The zero-order valence-electron chi connectivity index (χ0n) is 10.4. The van der Waals surface area contributed by atoms with Gasteiger partial charge in [0.15, 0.2) is 9.84 Å². The van der Waals surface area contributed by atoms with Crippen LogP contribution in [0.15, 0.2) is 23.1 Å². The van der Waals surface area contributed by atoms with Crippen LogP contribution in [0.5, 0.6) is 0 Å². The van der Waals surface area contributed by atoms with Crippen LogP contribution in [0.2, 0.25) is 0 Å². The topological polar surface area (TPSA) is 69.4 Å². The third-order valence-electron chi connectivity index (χ3n) is 2.78. The molecule has 4 nitrogen and oxygen atoms in total. The first-order valence-corrected chi connectivity index (χ1v) is 7.03. The number of hydrogen-bond acceptors (Lipinski definition) is 4. The number of benzene rings is 1. The number of aryl methyl sites for hydroxylation is 1. The van der Waals surface area contributed by atoms with Crippen LogP contribution in [0.25, 0.3) is 0 Å². The summed E-state index contributed by atoms with van der Waals surface area (Å²) in [5.74, 6) is 0. The molecule has 0 aromatic heterocycles. The van der Waals surface area contributed by atoms with E-state index in [-0.39, 0.29) is 0 Å². The standard InChI is InChI=1S/C12H19NO3S/c1-9-4-5-11(13)8-12(9)17(14,15)10(2)6-7-16-3/h4-5,8,10H,6-7,13H2,1-3H3. The van der Waals surface area contributed by atoms with Crippen LogP contribution >= 0.6 is 0 Å². The lowest BCUT2D eigenvalue weighted by Gasteiger charge is -2.14. The average molecular weight is 257 g/mol. The van der Waals surface area contributed by atoms with Crippen LogP contribution in [0.3, 0.4) is 0 Å². The Morgan fingerprint density at radius 2 is 2.06 bits per heavy atom. The predicted molar refractivity (Wildman–Crippen MR) is 68.7 cm³/mol. The summed E-state index contributed by atoms with van der Waals surface area (Å²) in [7, 11) is -1.76. The number of nitrogen functional groups attached to an aromatic ring is 1. The van der Waals surface area contributed by atoms with Crippen LogP contribution < -0.4 is 5.73 Å². The highest BCUT2D eigenvalue weighted by Gasteiger charge is 2.24. The Kier molecular flexibility index (Phi) is 4.54. The van der Waals surface area contributed by atoms with Crippen LogP contribution in [0, 0.1) is 6.92 Å². The van der Waals surface area contributed by atoms with Gasteiger partial charge in [0.05, 0.1) is 10.1 Å². The monoisotopic (exact) mass is 257 g/mol. The number of hydrogen-bond donors (Lipinski definition) is 1. The second-order valence-electron chi connectivity index (χ2n) is 4.16. The first kappa shape index (κ1) is 14.0. The number of sulfone groups is 1. The van der Waals surface area contributed by atoms with Crippen molar-refractivity contribution in [2.45, 2.75) is 30.4 Å². The molecule has 5 heteroatoms. The molecule has 1 rings (SSSR count). The van der Waals surface area contributed by atoms with Crippen LogP contribution in [0.1, 0.15) is 18.9 Å². The van der Waals surface area contributed by atoms with Gasteiger partial charge in [0.1, 0.15) is 0 Å². The first-order valence-electron chi connectivity index (χ1n) is 5.48. The molecule has 0 aliphatic carbocycles. The fourth-order valence-electron chi connectivity index (χ4n) is 1.58. The van der Waals surface area contributed by atoms with Gasteiger partial charge in [0.25, 0.3) is 0 Å². The Balaban J connectivity index is 3.08. The summed E-state index contributed by atoms with van der Waals surface area (Å²) in [6, 6.07) is 4.95. The van der Waals surface area contributed by atoms with E-state index in [1.807, 2.05) is 0 Å². The van der Waals surface area contributed by atoms with Gasteiger partial charge in [-0.2, -0.15) is 0 Å². The molecule has 0 saturated heterocycles. The van der Waals surface area contributed by atoms with E-state index in [4.69, 9.17) is 10.5 Å². The number of methoxy groups -OCH3 is 1. The van der Waals surface area contributed by atoms with E-state index in [0.717, 1.165) is 5.56 Å². The molecule has 0 fully saturated rings. The van der Waals surface area contributed by atoms with Gasteiger partial charge in [-0.15, -0.1) is 0 Å². The number of nitrogens with two attached hydrogens (primary N) is 1. The summed E-state index contributed by atoms with van der Waals surface area (Å²) in [6.45, 7) is 3.90. The Labute approximate surface area is 103 Å². The molecule has 0 spiro atoms. The van der Waals surface area contributed by atoms with Crippen molar-refractivity contribution in [3.63, 3.8) is 0 Å². The molecule has 1 aromatic rings. The summed E-state index contributed by atoms with van der Waals surface area (Å²) in [5, 5.41) is -0.469. The zero-order chi connectivity index (χ0) is 13.1. The highest BCUT2D eigenvalue weighted by Crippen LogP contribution is 2.23. The summed E-state index contributed by atoms with van der Waals surface area (Å²) in [5.41, 5.74) is 6.83. The van der Waals surface area contributed by atoms with Gasteiger partial charge >= 0.3 is 0 Å². The number of ether oxygens (including phenoxy) is 1. The average Bonchev–Trinajstić information content (AvgIpc) is 2.28. The largest absolute Gasteiger partial charge is 0.399 e. The van der Waals surface area contributed by atoms with Crippen molar-refractivity contribution in [3.05, 3.63) is 23.8 Å². The number of rotatable bonds is 5.